The summed E-state index contributed by atoms with van der Waals surface area (Å²) in [6.07, 6.45) is 18.4. The van der Waals surface area contributed by atoms with Crippen molar-refractivity contribution in [3.05, 3.63) is 11.6 Å². The fraction of sp³-hybridized carbons (Fsp3) is 0.773. The van der Waals surface area contributed by atoms with E-state index in [1.165, 1.54) is 70.6 Å². The minimum Gasteiger partial charge on any atom is -0.545 e. The number of rotatable bonds is 19. The molecule has 0 aliphatic heterocycles. The first-order chi connectivity index (χ1) is 13.0. The van der Waals surface area contributed by atoms with E-state index in [1.807, 2.05) is 0 Å². The Balaban J connectivity index is 0. The van der Waals surface area contributed by atoms with Crippen LogP contribution in [0.2, 0.25) is 0 Å². The standard InChI is InChI=1S/C22H38O5.Mg/c1-2-3-4-5-6-7-8-9-10-11-12-13-14-15-16-17-20(23)19(22(26)27)18-21(24)25;/h18H,2-17H2,1H3,(H,24,25)(H,26,27);/q;+2/p-2/b19-18+;. The van der Waals surface area contributed by atoms with E-state index in [0.29, 0.717) is 12.5 Å². The first-order valence-corrected chi connectivity index (χ1v) is 10.7. The van der Waals surface area contributed by atoms with Crippen LogP contribution in [0.5, 0.6) is 0 Å². The Bertz CT molecular complexity index is 460. The molecule has 0 aromatic carbocycles. The summed E-state index contributed by atoms with van der Waals surface area (Å²) in [5, 5.41) is 21.1. The van der Waals surface area contributed by atoms with Gasteiger partial charge < -0.3 is 19.8 Å². The van der Waals surface area contributed by atoms with E-state index >= 15 is 0 Å². The van der Waals surface area contributed by atoms with E-state index in [4.69, 9.17) is 0 Å². The van der Waals surface area contributed by atoms with Crippen molar-refractivity contribution in [3.63, 3.8) is 0 Å². The molecule has 0 radical (unpaired) electrons. The third-order valence-electron chi connectivity index (χ3n) is 4.79. The molecule has 0 N–H and O–H groups in total. The number of carbonyl (C=O) groups is 3. The number of unbranched alkanes of at least 4 members (excludes halogenated alkanes) is 14. The van der Waals surface area contributed by atoms with Crippen molar-refractivity contribution in [3.8, 4) is 0 Å². The predicted octanol–water partition coefficient (Wildman–Crippen LogP) is 2.86. The maximum atomic E-state index is 11.7. The topological polar surface area (TPSA) is 97.3 Å². The Morgan fingerprint density at radius 3 is 1.32 bits per heavy atom. The Hall–Kier alpha value is -0.884. The molecule has 156 valence electrons. The zero-order chi connectivity index (χ0) is 20.3. The molecule has 0 saturated heterocycles. The molecule has 0 heterocycles. The zero-order valence-electron chi connectivity index (χ0n) is 17.6. The molecule has 0 aromatic rings. The van der Waals surface area contributed by atoms with E-state index in [2.05, 4.69) is 6.92 Å². The average Bonchev–Trinajstić information content (AvgIpc) is 2.62. The molecule has 0 saturated carbocycles. The molecule has 0 aliphatic carbocycles. The van der Waals surface area contributed by atoms with Crippen LogP contribution in [0, 0.1) is 0 Å². The second-order valence-electron chi connectivity index (χ2n) is 7.29. The summed E-state index contributed by atoms with van der Waals surface area (Å²) in [6.45, 7) is 2.24. The first-order valence-electron chi connectivity index (χ1n) is 10.7. The van der Waals surface area contributed by atoms with Gasteiger partial charge in [0.1, 0.15) is 0 Å². The summed E-state index contributed by atoms with van der Waals surface area (Å²) >= 11 is 0. The predicted molar refractivity (Wildman–Crippen MR) is 108 cm³/mol. The minimum absolute atomic E-state index is 0. The maximum Gasteiger partial charge on any atom is 2.00 e. The summed E-state index contributed by atoms with van der Waals surface area (Å²) < 4.78 is 0. The molecule has 0 amide bonds. The van der Waals surface area contributed by atoms with Crippen LogP contribution in [-0.4, -0.2) is 40.8 Å². The van der Waals surface area contributed by atoms with Gasteiger partial charge in [0.2, 0.25) is 0 Å². The normalized spacial score (nSPS) is 11.1. The largest absolute Gasteiger partial charge is 2.00 e. The SMILES string of the molecule is CCCCCCCCCCCCCCCCCC(=O)/C(=C\C(=O)[O-])C(=O)[O-].[Mg+2]. The molecule has 5 nitrogen and oxygen atoms in total. The van der Waals surface area contributed by atoms with Crippen LogP contribution in [-0.2, 0) is 14.4 Å². The van der Waals surface area contributed by atoms with Gasteiger partial charge in [-0.3, -0.25) is 4.79 Å². The van der Waals surface area contributed by atoms with Crippen LogP contribution < -0.4 is 10.2 Å². The number of aliphatic carboxylic acids is 2. The van der Waals surface area contributed by atoms with Gasteiger partial charge in [0.25, 0.3) is 0 Å². The van der Waals surface area contributed by atoms with Crippen LogP contribution in [0.4, 0.5) is 0 Å². The molecule has 0 rings (SSSR count). The number of carboxylic acids is 2. The van der Waals surface area contributed by atoms with Crippen LogP contribution in [0.15, 0.2) is 11.6 Å². The molecule has 0 unspecified atom stereocenters. The Kier molecular flexibility index (Phi) is 21.8. The van der Waals surface area contributed by atoms with E-state index in [9.17, 15) is 24.6 Å². The molecular weight excluding hydrogens is 369 g/mol. The third-order valence-corrected chi connectivity index (χ3v) is 4.79. The van der Waals surface area contributed by atoms with E-state index in [0.717, 1.165) is 19.3 Å². The van der Waals surface area contributed by atoms with E-state index in [1.54, 1.807) is 0 Å². The Morgan fingerprint density at radius 1 is 0.643 bits per heavy atom. The molecule has 6 heteroatoms. The van der Waals surface area contributed by atoms with Crippen molar-refractivity contribution in [2.75, 3.05) is 0 Å². The van der Waals surface area contributed by atoms with Gasteiger partial charge in [-0.1, -0.05) is 96.8 Å². The van der Waals surface area contributed by atoms with E-state index < -0.39 is 23.3 Å². The molecule has 28 heavy (non-hydrogen) atoms. The van der Waals surface area contributed by atoms with Gasteiger partial charge in [-0.25, -0.2) is 0 Å². The number of Topliss-reactive ketones (excluding diaryl/α,β-unsaturated/α-hetero) is 1. The fourth-order valence-electron chi connectivity index (χ4n) is 3.16. The van der Waals surface area contributed by atoms with Crippen molar-refractivity contribution in [1.82, 2.24) is 0 Å². The van der Waals surface area contributed by atoms with Crippen LogP contribution >= 0.6 is 0 Å². The van der Waals surface area contributed by atoms with Crippen LogP contribution in [0.1, 0.15) is 110 Å². The Labute approximate surface area is 186 Å². The van der Waals surface area contributed by atoms with Crippen LogP contribution in [0.3, 0.4) is 0 Å². The summed E-state index contributed by atoms with van der Waals surface area (Å²) in [6, 6.07) is 0. The summed E-state index contributed by atoms with van der Waals surface area (Å²) in [5.41, 5.74) is -0.805. The summed E-state index contributed by atoms with van der Waals surface area (Å²) in [5.74, 6) is -4.15. The quantitative estimate of drug-likeness (QED) is 0.108. The van der Waals surface area contributed by atoms with Crippen molar-refractivity contribution < 1.29 is 24.6 Å². The maximum absolute atomic E-state index is 11.7. The third kappa shape index (κ3) is 18.5. The second-order valence-corrected chi connectivity index (χ2v) is 7.29. The van der Waals surface area contributed by atoms with Gasteiger partial charge in [0, 0.05) is 12.0 Å². The molecule has 0 fully saturated rings. The molecule has 0 aliphatic rings. The molecule has 0 atom stereocenters. The fourth-order valence-corrected chi connectivity index (χ4v) is 3.16. The molecule has 0 bridgehead atoms. The smallest absolute Gasteiger partial charge is 0.545 e. The van der Waals surface area contributed by atoms with Gasteiger partial charge >= 0.3 is 23.1 Å². The number of carboxylic acid groups (broad SMARTS) is 2. The molecule has 0 aromatic heterocycles. The first kappa shape index (κ1) is 29.3. The molecular formula is C22H36MgO5. The second kappa shape index (κ2) is 20.8. The summed E-state index contributed by atoms with van der Waals surface area (Å²) in [4.78, 5) is 32.8. The van der Waals surface area contributed by atoms with E-state index in [-0.39, 0.29) is 29.5 Å². The van der Waals surface area contributed by atoms with Crippen molar-refractivity contribution in [2.24, 2.45) is 0 Å². The zero-order valence-corrected chi connectivity index (χ0v) is 19.1. The van der Waals surface area contributed by atoms with Gasteiger partial charge in [-0.15, -0.1) is 0 Å². The van der Waals surface area contributed by atoms with Gasteiger partial charge in [-0.05, 0) is 12.5 Å². The average molecular weight is 405 g/mol. The van der Waals surface area contributed by atoms with Crippen molar-refractivity contribution in [1.29, 1.82) is 0 Å². The monoisotopic (exact) mass is 404 g/mol. The van der Waals surface area contributed by atoms with Gasteiger partial charge in [0.05, 0.1) is 11.9 Å². The van der Waals surface area contributed by atoms with Crippen LogP contribution in [0.25, 0.3) is 0 Å². The number of hydrogen-bond donors (Lipinski definition) is 0. The van der Waals surface area contributed by atoms with Gasteiger partial charge in [0.15, 0.2) is 5.78 Å². The van der Waals surface area contributed by atoms with Gasteiger partial charge in [-0.2, -0.15) is 0 Å². The minimum atomic E-state index is -1.76. The number of carbonyl (C=O) groups excluding carboxylic acids is 3. The Morgan fingerprint density at radius 2 is 1.00 bits per heavy atom. The summed E-state index contributed by atoms with van der Waals surface area (Å²) in [7, 11) is 0. The molecule has 0 spiro atoms. The van der Waals surface area contributed by atoms with Crippen molar-refractivity contribution in [2.45, 2.75) is 110 Å². The van der Waals surface area contributed by atoms with Crippen molar-refractivity contribution >= 4 is 40.8 Å². The number of ketones is 1. The number of hydrogen-bond acceptors (Lipinski definition) is 5.